The summed E-state index contributed by atoms with van der Waals surface area (Å²) in [5, 5.41) is 67.0. The molecule has 0 aromatic carbocycles. The molecule has 10 nitrogen and oxygen atoms in total. The van der Waals surface area contributed by atoms with E-state index >= 15 is 0 Å². The number of rotatable bonds is 5. The fourth-order valence-electron chi connectivity index (χ4n) is 2.60. The molecule has 2 fully saturated rings. The van der Waals surface area contributed by atoms with Crippen molar-refractivity contribution in [3.8, 4) is 0 Å². The highest BCUT2D eigenvalue weighted by Crippen LogP contribution is 2.35. The van der Waals surface area contributed by atoms with Crippen molar-refractivity contribution >= 4 is 0 Å². The first-order chi connectivity index (χ1) is 10.4. The summed E-state index contributed by atoms with van der Waals surface area (Å²) in [6.07, 6.45) is -9.51. The average molecular weight is 326 g/mol. The van der Waals surface area contributed by atoms with Crippen molar-refractivity contribution in [3.63, 3.8) is 0 Å². The van der Waals surface area contributed by atoms with Gasteiger partial charge in [0.25, 0.3) is 0 Å². The molecule has 0 bridgehead atoms. The van der Waals surface area contributed by atoms with E-state index in [-0.39, 0.29) is 6.42 Å². The van der Waals surface area contributed by atoms with E-state index in [1.165, 1.54) is 0 Å². The van der Waals surface area contributed by atoms with Gasteiger partial charge in [-0.05, 0) is 0 Å². The van der Waals surface area contributed by atoms with Crippen LogP contribution in [0, 0.1) is 0 Å². The molecule has 7 N–H and O–H groups in total. The summed E-state index contributed by atoms with van der Waals surface area (Å²) < 4.78 is 15.7. The molecule has 2 rings (SSSR count). The lowest BCUT2D eigenvalue weighted by atomic mass is 10.0. The first kappa shape index (κ1) is 17.9. The molecule has 0 spiro atoms. The van der Waals surface area contributed by atoms with Crippen molar-refractivity contribution < 1.29 is 50.0 Å². The predicted octanol–water partition coefficient (Wildman–Crippen LogP) is -4.37. The Bertz CT molecular complexity index is 368. The molecule has 2 aliphatic rings. The Hall–Kier alpha value is -0.400. The van der Waals surface area contributed by atoms with Crippen LogP contribution >= 0.6 is 0 Å². The van der Waals surface area contributed by atoms with Crippen molar-refractivity contribution in [2.24, 2.45) is 0 Å². The quantitative estimate of drug-likeness (QED) is 0.262. The summed E-state index contributed by atoms with van der Waals surface area (Å²) in [6.45, 7) is -1.95. The molecule has 2 heterocycles. The van der Waals surface area contributed by atoms with Crippen molar-refractivity contribution in [1.82, 2.24) is 0 Å². The summed E-state index contributed by atoms with van der Waals surface area (Å²) in [6, 6.07) is 0. The van der Waals surface area contributed by atoms with E-state index in [1.807, 2.05) is 0 Å². The van der Waals surface area contributed by atoms with Crippen LogP contribution in [0.1, 0.15) is 6.42 Å². The third-order valence-corrected chi connectivity index (χ3v) is 3.93. The zero-order valence-corrected chi connectivity index (χ0v) is 11.7. The maximum absolute atomic E-state index is 10.00. The molecule has 0 aromatic rings. The minimum absolute atomic E-state index is 0.0189. The minimum Gasteiger partial charge on any atom is -0.394 e. The van der Waals surface area contributed by atoms with Gasteiger partial charge in [0, 0.05) is 6.42 Å². The van der Waals surface area contributed by atoms with Crippen LogP contribution in [0.4, 0.5) is 0 Å². The number of hydrogen-bond donors (Lipinski definition) is 7. The molecule has 0 aromatic heterocycles. The first-order valence-corrected chi connectivity index (χ1v) is 6.94. The summed E-state index contributed by atoms with van der Waals surface area (Å²) in [7, 11) is 0. The topological polar surface area (TPSA) is 169 Å². The molecule has 0 radical (unpaired) electrons. The second-order valence-corrected chi connectivity index (χ2v) is 5.46. The van der Waals surface area contributed by atoms with Gasteiger partial charge >= 0.3 is 0 Å². The van der Waals surface area contributed by atoms with Crippen LogP contribution in [0.5, 0.6) is 0 Å². The Balaban J connectivity index is 2.15. The van der Waals surface area contributed by atoms with Gasteiger partial charge in [0.2, 0.25) is 5.79 Å². The van der Waals surface area contributed by atoms with Crippen LogP contribution in [0.3, 0.4) is 0 Å². The molecule has 22 heavy (non-hydrogen) atoms. The molecule has 2 saturated heterocycles. The summed E-state index contributed by atoms with van der Waals surface area (Å²) in [5.74, 6) is -2.13. The lowest BCUT2D eigenvalue weighted by Crippen LogP contribution is -2.58. The number of aliphatic hydroxyl groups excluding tert-OH is 7. The molecule has 2 aliphatic heterocycles. The number of ether oxygens (including phenoxy) is 3. The molecular formula is C12H22O10. The Labute approximate surface area is 126 Å². The monoisotopic (exact) mass is 326 g/mol. The van der Waals surface area contributed by atoms with E-state index in [2.05, 4.69) is 0 Å². The van der Waals surface area contributed by atoms with Gasteiger partial charge in [-0.15, -0.1) is 0 Å². The van der Waals surface area contributed by atoms with Crippen LogP contribution in [-0.2, 0) is 14.2 Å². The van der Waals surface area contributed by atoms with Crippen molar-refractivity contribution in [2.45, 2.75) is 55.1 Å². The zero-order chi connectivity index (χ0) is 16.5. The van der Waals surface area contributed by atoms with Crippen LogP contribution in [0.15, 0.2) is 0 Å². The normalized spacial score (nSPS) is 49.5. The Morgan fingerprint density at radius 3 is 2.18 bits per heavy atom. The molecule has 0 amide bonds. The fraction of sp³-hybridized carbons (Fsp3) is 1.00. The third-order valence-electron chi connectivity index (χ3n) is 3.93. The van der Waals surface area contributed by atoms with Crippen LogP contribution < -0.4 is 0 Å². The van der Waals surface area contributed by atoms with E-state index < -0.39 is 68.5 Å². The summed E-state index contributed by atoms with van der Waals surface area (Å²) in [4.78, 5) is 0. The van der Waals surface area contributed by atoms with Gasteiger partial charge in [-0.1, -0.05) is 0 Å². The summed E-state index contributed by atoms with van der Waals surface area (Å²) >= 11 is 0. The molecule has 130 valence electrons. The van der Waals surface area contributed by atoms with Gasteiger partial charge in [0.1, 0.15) is 31.0 Å². The maximum Gasteiger partial charge on any atom is 0.224 e. The van der Waals surface area contributed by atoms with Gasteiger partial charge in [-0.2, -0.15) is 0 Å². The molecular weight excluding hydrogens is 304 g/mol. The second kappa shape index (κ2) is 7.01. The predicted molar refractivity (Wildman–Crippen MR) is 67.3 cm³/mol. The third kappa shape index (κ3) is 3.12. The maximum atomic E-state index is 10.00. The minimum atomic E-state index is -2.13. The molecule has 0 saturated carbocycles. The average Bonchev–Trinajstić information content (AvgIpc) is 2.76. The second-order valence-electron chi connectivity index (χ2n) is 5.46. The highest BCUT2D eigenvalue weighted by molar-refractivity contribution is 4.97. The molecule has 0 aliphatic carbocycles. The van der Waals surface area contributed by atoms with Crippen molar-refractivity contribution in [2.75, 3.05) is 19.8 Å². The van der Waals surface area contributed by atoms with Crippen molar-refractivity contribution in [3.05, 3.63) is 0 Å². The highest BCUT2D eigenvalue weighted by Gasteiger charge is 2.57. The van der Waals surface area contributed by atoms with Gasteiger partial charge in [-0.25, -0.2) is 0 Å². The molecule has 8 atom stereocenters. The van der Waals surface area contributed by atoms with Gasteiger partial charge < -0.3 is 50.0 Å². The van der Waals surface area contributed by atoms with E-state index in [1.54, 1.807) is 0 Å². The first-order valence-electron chi connectivity index (χ1n) is 6.94. The zero-order valence-electron chi connectivity index (χ0n) is 11.7. The standard InChI is InChI=1S/C12H22O10/c13-2-5-1-6(16)8(17)11(20-5)22-12(4-15)10(19)9(18)7(3-14)21-12/h5-11,13-19H,1-4H2/t5-,6-,7+,8+,9-,10+,11+,12-/m0/s1. The van der Waals surface area contributed by atoms with E-state index in [9.17, 15) is 25.5 Å². The van der Waals surface area contributed by atoms with Crippen LogP contribution in [-0.4, -0.2) is 104 Å². The van der Waals surface area contributed by atoms with Gasteiger partial charge in [-0.3, -0.25) is 0 Å². The van der Waals surface area contributed by atoms with E-state index in [0.29, 0.717) is 0 Å². The SMILES string of the molecule is OC[C@@H]1C[C@H](O)[C@@H](O)[C@@H](O[C@]2(CO)O[C@H](CO)[C@H](O)[C@H]2O)O1. The molecule has 10 heteroatoms. The van der Waals surface area contributed by atoms with E-state index in [4.69, 9.17) is 24.4 Å². The largest absolute Gasteiger partial charge is 0.394 e. The molecule has 0 unspecified atom stereocenters. The Morgan fingerprint density at radius 2 is 1.68 bits per heavy atom. The van der Waals surface area contributed by atoms with Gasteiger partial charge in [0.05, 0.1) is 25.4 Å². The number of hydrogen-bond acceptors (Lipinski definition) is 10. The lowest BCUT2D eigenvalue weighted by molar-refractivity contribution is -0.373. The van der Waals surface area contributed by atoms with Gasteiger partial charge in [0.15, 0.2) is 6.29 Å². The van der Waals surface area contributed by atoms with Crippen molar-refractivity contribution in [1.29, 1.82) is 0 Å². The van der Waals surface area contributed by atoms with Crippen LogP contribution in [0.2, 0.25) is 0 Å². The summed E-state index contributed by atoms with van der Waals surface area (Å²) in [5.41, 5.74) is 0. The fourth-order valence-corrected chi connectivity index (χ4v) is 2.60. The Kier molecular flexibility index (Phi) is 5.72. The van der Waals surface area contributed by atoms with E-state index in [0.717, 1.165) is 0 Å². The highest BCUT2D eigenvalue weighted by atomic mass is 16.8. The van der Waals surface area contributed by atoms with Crippen LogP contribution in [0.25, 0.3) is 0 Å². The Morgan fingerprint density at radius 1 is 1.00 bits per heavy atom. The number of aliphatic hydroxyl groups is 7. The lowest BCUT2D eigenvalue weighted by Gasteiger charge is -2.41. The smallest absolute Gasteiger partial charge is 0.224 e.